The summed E-state index contributed by atoms with van der Waals surface area (Å²) >= 11 is 0. The van der Waals surface area contributed by atoms with Crippen LogP contribution in [0.25, 0.3) is 60.5 Å². The molecule has 0 aliphatic heterocycles. The Bertz CT molecular complexity index is 2590. The molecule has 9 rings (SSSR count). The predicted molar refractivity (Wildman–Crippen MR) is 204 cm³/mol. The van der Waals surface area contributed by atoms with Gasteiger partial charge in [0.2, 0.25) is 0 Å². The molecule has 0 fully saturated rings. The number of para-hydroxylation sites is 2. The van der Waals surface area contributed by atoms with E-state index in [1.54, 1.807) is 0 Å². The van der Waals surface area contributed by atoms with Gasteiger partial charge in [0.15, 0.2) is 0 Å². The highest BCUT2D eigenvalue weighted by Gasteiger charge is 2.17. The van der Waals surface area contributed by atoms with E-state index in [1.165, 1.54) is 50.3 Å². The minimum Gasteiger partial charge on any atom is -0.311 e. The zero-order valence-electron chi connectivity index (χ0n) is 26.7. The second kappa shape index (κ2) is 12.0. The van der Waals surface area contributed by atoms with E-state index in [9.17, 15) is 4.39 Å². The number of fused-ring (bicyclic) bond motifs is 5. The first kappa shape index (κ1) is 28.7. The van der Waals surface area contributed by atoms with Gasteiger partial charge in [-0.25, -0.2) is 4.39 Å². The maximum Gasteiger partial charge on any atom is 0.123 e. The van der Waals surface area contributed by atoms with Crippen molar-refractivity contribution < 1.29 is 4.39 Å². The van der Waals surface area contributed by atoms with Gasteiger partial charge in [0.05, 0.1) is 11.0 Å². The summed E-state index contributed by atoms with van der Waals surface area (Å²) in [5, 5.41) is 4.98. The summed E-state index contributed by atoms with van der Waals surface area (Å²) in [5.74, 6) is -0.249. The molecule has 2 nitrogen and oxygen atoms in total. The van der Waals surface area contributed by atoms with Crippen molar-refractivity contribution >= 4 is 49.6 Å². The van der Waals surface area contributed by atoms with Gasteiger partial charge in [0, 0.05) is 38.9 Å². The fraction of sp³-hybridized carbons (Fsp3) is 0. The molecule has 3 heteroatoms. The van der Waals surface area contributed by atoms with E-state index in [0.29, 0.717) is 0 Å². The number of rotatable bonds is 6. The van der Waals surface area contributed by atoms with Gasteiger partial charge in [-0.2, -0.15) is 0 Å². The van der Waals surface area contributed by atoms with Gasteiger partial charge in [0.25, 0.3) is 0 Å². The van der Waals surface area contributed by atoms with E-state index < -0.39 is 0 Å². The molecule has 0 N–H and O–H groups in total. The third kappa shape index (κ3) is 5.13. The minimum atomic E-state index is -0.249. The predicted octanol–water partition coefficient (Wildman–Crippen LogP) is 12.9. The van der Waals surface area contributed by atoms with Gasteiger partial charge in [-0.05, 0) is 100 Å². The van der Waals surface area contributed by atoms with Crippen LogP contribution in [0.4, 0.5) is 21.5 Å². The molecule has 0 radical (unpaired) electrons. The number of benzene rings is 8. The SMILES string of the molecule is Fc1ccc(N(c2ccccc2)c2ccc(-c3cccc(-c4ccc5c6ccc7ccccc7c6n(-c6ccccc6)c5c4)c3)cc2)cc1. The van der Waals surface area contributed by atoms with Crippen LogP contribution in [-0.2, 0) is 0 Å². The number of hydrogen-bond acceptors (Lipinski definition) is 1. The molecule has 232 valence electrons. The lowest BCUT2D eigenvalue weighted by molar-refractivity contribution is 0.628. The highest BCUT2D eigenvalue weighted by Crippen LogP contribution is 2.39. The van der Waals surface area contributed by atoms with Crippen molar-refractivity contribution in [3.63, 3.8) is 0 Å². The molecule has 1 aromatic heterocycles. The van der Waals surface area contributed by atoms with E-state index in [1.807, 2.05) is 30.3 Å². The van der Waals surface area contributed by atoms with Crippen LogP contribution in [-0.4, -0.2) is 4.57 Å². The van der Waals surface area contributed by atoms with Crippen LogP contribution in [0.3, 0.4) is 0 Å². The molecule has 0 spiro atoms. The average molecular weight is 631 g/mol. The highest BCUT2D eigenvalue weighted by molar-refractivity contribution is 6.19. The van der Waals surface area contributed by atoms with Crippen LogP contribution in [0.15, 0.2) is 188 Å². The highest BCUT2D eigenvalue weighted by atomic mass is 19.1. The molecule has 0 saturated carbocycles. The Balaban J connectivity index is 1.13. The Hall–Kier alpha value is -6.45. The summed E-state index contributed by atoms with van der Waals surface area (Å²) < 4.78 is 16.2. The fourth-order valence-corrected chi connectivity index (χ4v) is 7.10. The summed E-state index contributed by atoms with van der Waals surface area (Å²) in [6.07, 6.45) is 0. The third-order valence-corrected chi connectivity index (χ3v) is 9.42. The molecule has 9 aromatic rings. The zero-order valence-corrected chi connectivity index (χ0v) is 26.7. The normalized spacial score (nSPS) is 11.4. The summed E-state index contributed by atoms with van der Waals surface area (Å²) in [4.78, 5) is 2.14. The van der Waals surface area contributed by atoms with Gasteiger partial charge in [-0.15, -0.1) is 0 Å². The molecule has 0 unspecified atom stereocenters. The van der Waals surface area contributed by atoms with Crippen molar-refractivity contribution in [2.45, 2.75) is 0 Å². The molecule has 8 aromatic carbocycles. The Kier molecular flexibility index (Phi) is 7.02. The lowest BCUT2D eigenvalue weighted by atomic mass is 9.98. The van der Waals surface area contributed by atoms with Crippen molar-refractivity contribution in [3.05, 3.63) is 194 Å². The maximum absolute atomic E-state index is 13.8. The second-order valence-corrected chi connectivity index (χ2v) is 12.4. The first-order valence-electron chi connectivity index (χ1n) is 16.5. The van der Waals surface area contributed by atoms with Gasteiger partial charge >= 0.3 is 0 Å². The first-order chi connectivity index (χ1) is 24.2. The van der Waals surface area contributed by atoms with Crippen molar-refractivity contribution in [3.8, 4) is 27.9 Å². The first-order valence-corrected chi connectivity index (χ1v) is 16.5. The Morgan fingerprint density at radius 2 is 0.959 bits per heavy atom. The molecule has 0 amide bonds. The molecular weight excluding hydrogens is 600 g/mol. The van der Waals surface area contributed by atoms with Crippen molar-refractivity contribution in [1.29, 1.82) is 0 Å². The molecule has 0 aliphatic rings. The number of halogens is 1. The third-order valence-electron chi connectivity index (χ3n) is 9.42. The number of nitrogens with zero attached hydrogens (tertiary/aromatic N) is 2. The van der Waals surface area contributed by atoms with Gasteiger partial charge in [-0.3, -0.25) is 0 Å². The minimum absolute atomic E-state index is 0.249. The van der Waals surface area contributed by atoms with Crippen LogP contribution >= 0.6 is 0 Å². The second-order valence-electron chi connectivity index (χ2n) is 12.4. The Labute approximate surface area is 284 Å². The fourth-order valence-electron chi connectivity index (χ4n) is 7.10. The maximum atomic E-state index is 13.8. The van der Waals surface area contributed by atoms with Crippen LogP contribution in [0.1, 0.15) is 0 Å². The van der Waals surface area contributed by atoms with Gasteiger partial charge in [0.1, 0.15) is 5.82 Å². The van der Waals surface area contributed by atoms with Crippen molar-refractivity contribution in [2.24, 2.45) is 0 Å². The van der Waals surface area contributed by atoms with Crippen molar-refractivity contribution in [1.82, 2.24) is 4.57 Å². The van der Waals surface area contributed by atoms with Crippen LogP contribution < -0.4 is 4.90 Å². The topological polar surface area (TPSA) is 8.17 Å². The monoisotopic (exact) mass is 630 g/mol. The van der Waals surface area contributed by atoms with Crippen LogP contribution in [0.2, 0.25) is 0 Å². The molecule has 0 aliphatic carbocycles. The van der Waals surface area contributed by atoms with Crippen LogP contribution in [0, 0.1) is 5.82 Å². The quantitative estimate of drug-likeness (QED) is 0.177. The lowest BCUT2D eigenvalue weighted by Crippen LogP contribution is -2.09. The zero-order chi connectivity index (χ0) is 32.7. The number of aromatic nitrogens is 1. The van der Waals surface area contributed by atoms with Gasteiger partial charge in [-0.1, -0.05) is 115 Å². The molecule has 0 bridgehead atoms. The number of anilines is 3. The molecule has 49 heavy (non-hydrogen) atoms. The summed E-state index contributed by atoms with van der Waals surface area (Å²) in [6.45, 7) is 0. The average Bonchev–Trinajstić information content (AvgIpc) is 3.51. The van der Waals surface area contributed by atoms with Gasteiger partial charge < -0.3 is 9.47 Å². The van der Waals surface area contributed by atoms with E-state index in [4.69, 9.17) is 0 Å². The lowest BCUT2D eigenvalue weighted by Gasteiger charge is -2.25. The van der Waals surface area contributed by atoms with Crippen molar-refractivity contribution in [2.75, 3.05) is 4.90 Å². The summed E-state index contributed by atoms with van der Waals surface area (Å²) in [5.41, 5.74) is 11.1. The Morgan fingerprint density at radius 1 is 0.388 bits per heavy atom. The van der Waals surface area contributed by atoms with E-state index >= 15 is 0 Å². The molecular formula is C46H31FN2. The van der Waals surface area contributed by atoms with E-state index in [-0.39, 0.29) is 5.82 Å². The smallest absolute Gasteiger partial charge is 0.123 e. The Morgan fingerprint density at radius 3 is 1.71 bits per heavy atom. The van der Waals surface area contributed by atoms with Crippen LogP contribution in [0.5, 0.6) is 0 Å². The largest absolute Gasteiger partial charge is 0.311 e. The standard InChI is InChI=1S/C46H31FN2/c47-37-22-26-41(27-23-37)48(38-13-3-1-4-14-38)40-24-18-32(19-25-40)34-11-9-12-35(30-34)36-21-28-43-44-29-20-33-10-7-8-17-42(33)46(44)49(45(43)31-36)39-15-5-2-6-16-39/h1-31H. The van der Waals surface area contributed by atoms with E-state index in [0.717, 1.165) is 39.4 Å². The number of hydrogen-bond donors (Lipinski definition) is 0. The van der Waals surface area contributed by atoms with E-state index in [2.05, 4.69) is 155 Å². The summed E-state index contributed by atoms with van der Waals surface area (Å²) in [7, 11) is 0. The molecule has 0 saturated heterocycles. The molecule has 0 atom stereocenters. The summed E-state index contributed by atoms with van der Waals surface area (Å²) in [6, 6.07) is 64.8. The molecule has 1 heterocycles.